The van der Waals surface area contributed by atoms with Gasteiger partial charge >= 0.3 is 5.97 Å². The molecule has 0 spiro atoms. The molecule has 0 aliphatic heterocycles. The van der Waals surface area contributed by atoms with E-state index in [9.17, 15) is 15.0 Å². The molecule has 4 rings (SSSR count). The Bertz CT molecular complexity index is 1090. The Hall–Kier alpha value is -2.44. The first kappa shape index (κ1) is 18.9. The molecule has 0 bridgehead atoms. The van der Waals surface area contributed by atoms with Crippen molar-refractivity contribution in [1.29, 1.82) is 0 Å². The molecule has 0 saturated carbocycles. The zero-order chi connectivity index (χ0) is 20.0. The van der Waals surface area contributed by atoms with E-state index in [-0.39, 0.29) is 18.9 Å². The van der Waals surface area contributed by atoms with E-state index in [1.807, 2.05) is 19.1 Å². The van der Waals surface area contributed by atoms with Crippen LogP contribution in [0.25, 0.3) is 11.0 Å². The molecule has 0 saturated heterocycles. The van der Waals surface area contributed by atoms with Crippen LogP contribution in [0.15, 0.2) is 18.2 Å². The highest BCUT2D eigenvalue weighted by Gasteiger charge is 2.26. The van der Waals surface area contributed by atoms with Crippen molar-refractivity contribution in [3.63, 3.8) is 0 Å². The van der Waals surface area contributed by atoms with Crippen LogP contribution in [0, 0.1) is 6.92 Å². The fourth-order valence-electron chi connectivity index (χ4n) is 4.44. The Balaban J connectivity index is 1.92. The number of aryl methyl sites for hydroxylation is 3. The molecule has 7 heteroatoms. The Kier molecular flexibility index (Phi) is 4.85. The van der Waals surface area contributed by atoms with Crippen LogP contribution in [0.1, 0.15) is 52.1 Å². The van der Waals surface area contributed by atoms with Gasteiger partial charge in [0.25, 0.3) is 0 Å². The van der Waals surface area contributed by atoms with Gasteiger partial charge in [-0.2, -0.15) is 0 Å². The summed E-state index contributed by atoms with van der Waals surface area (Å²) in [5.41, 5.74) is 7.35. The third-order valence-electron chi connectivity index (χ3n) is 5.78. The van der Waals surface area contributed by atoms with Gasteiger partial charge in [-0.15, -0.1) is 5.10 Å². The van der Waals surface area contributed by atoms with Crippen LogP contribution in [0.4, 0.5) is 0 Å². The molecule has 146 valence electrons. The van der Waals surface area contributed by atoms with Gasteiger partial charge in [0.2, 0.25) is 0 Å². The van der Waals surface area contributed by atoms with E-state index in [1.165, 1.54) is 11.1 Å². The minimum atomic E-state index is -0.884. The van der Waals surface area contributed by atoms with Crippen LogP contribution < -0.4 is 0 Å². The number of halogens is 1. The van der Waals surface area contributed by atoms with Crippen molar-refractivity contribution >= 4 is 28.6 Å². The minimum Gasteiger partial charge on any atom is -0.481 e. The summed E-state index contributed by atoms with van der Waals surface area (Å²) >= 11 is 6.51. The lowest BCUT2D eigenvalue weighted by atomic mass is 9.83. The molecule has 0 unspecified atom stereocenters. The average molecular weight is 400 g/mol. The van der Waals surface area contributed by atoms with E-state index in [0.29, 0.717) is 10.5 Å². The standard InChI is InChI=1S/C21H22ClN3O3/c1-11-16(8-18(22)21-20(11)23-24-25(21)2)17(9-19(27)28)13-6-12-4-3-5-15(12)14(7-13)10-26/h6-8,17,26H,3-5,9-10H2,1-2H3,(H,27,28)/t17-/m1/s1. The second kappa shape index (κ2) is 7.18. The molecule has 1 atom stereocenters. The van der Waals surface area contributed by atoms with Crippen molar-refractivity contribution in [1.82, 2.24) is 15.0 Å². The second-order valence-corrected chi connectivity index (χ2v) is 7.87. The predicted octanol–water partition coefficient (Wildman–Crippen LogP) is 3.52. The van der Waals surface area contributed by atoms with E-state index in [2.05, 4.69) is 16.4 Å². The molecule has 2 aromatic carbocycles. The lowest BCUT2D eigenvalue weighted by Crippen LogP contribution is -2.11. The van der Waals surface area contributed by atoms with Crippen LogP contribution in [-0.4, -0.2) is 31.2 Å². The maximum Gasteiger partial charge on any atom is 0.304 e. The average Bonchev–Trinajstić information content (AvgIpc) is 3.28. The van der Waals surface area contributed by atoms with E-state index >= 15 is 0 Å². The first-order valence-corrected chi connectivity index (χ1v) is 9.74. The van der Waals surface area contributed by atoms with Crippen molar-refractivity contribution in [3.8, 4) is 0 Å². The van der Waals surface area contributed by atoms with E-state index in [1.54, 1.807) is 11.7 Å². The number of aromatic nitrogens is 3. The SMILES string of the molecule is Cc1c([C@H](CC(=O)O)c2cc(CO)c3c(c2)CCC3)cc(Cl)c2c1nnn2C. The molecule has 6 nitrogen and oxygen atoms in total. The van der Waals surface area contributed by atoms with Crippen LogP contribution >= 0.6 is 11.6 Å². The molecule has 3 aromatic rings. The largest absolute Gasteiger partial charge is 0.481 e. The van der Waals surface area contributed by atoms with Crippen molar-refractivity contribution in [2.75, 3.05) is 0 Å². The van der Waals surface area contributed by atoms with Gasteiger partial charge in [0, 0.05) is 13.0 Å². The van der Waals surface area contributed by atoms with Crippen molar-refractivity contribution < 1.29 is 15.0 Å². The molecule has 1 aliphatic carbocycles. The number of aliphatic hydroxyl groups excluding tert-OH is 1. The van der Waals surface area contributed by atoms with Crippen LogP contribution in [0.5, 0.6) is 0 Å². The number of carboxylic acids is 1. The quantitative estimate of drug-likeness (QED) is 0.685. The molecular weight excluding hydrogens is 378 g/mol. The van der Waals surface area contributed by atoms with Gasteiger partial charge in [0.1, 0.15) is 11.0 Å². The highest BCUT2D eigenvalue weighted by Crippen LogP contribution is 2.39. The summed E-state index contributed by atoms with van der Waals surface area (Å²) in [5.74, 6) is -1.26. The highest BCUT2D eigenvalue weighted by molar-refractivity contribution is 6.35. The number of hydrogen-bond donors (Lipinski definition) is 2. The number of nitrogens with zero attached hydrogens (tertiary/aromatic N) is 3. The summed E-state index contributed by atoms with van der Waals surface area (Å²) in [6.45, 7) is 1.89. The second-order valence-electron chi connectivity index (χ2n) is 7.46. The van der Waals surface area contributed by atoms with Crippen molar-refractivity contribution in [2.45, 2.75) is 45.1 Å². The molecule has 2 N–H and O–H groups in total. The summed E-state index contributed by atoms with van der Waals surface area (Å²) < 4.78 is 1.62. The summed E-state index contributed by atoms with van der Waals surface area (Å²) in [4.78, 5) is 11.7. The number of rotatable bonds is 5. The molecule has 1 aromatic heterocycles. The molecular formula is C21H22ClN3O3. The summed E-state index contributed by atoms with van der Waals surface area (Å²) in [6, 6.07) is 5.89. The molecule has 0 amide bonds. The van der Waals surface area contributed by atoms with Gasteiger partial charge in [-0.25, -0.2) is 4.68 Å². The Morgan fingerprint density at radius 3 is 2.82 bits per heavy atom. The lowest BCUT2D eigenvalue weighted by molar-refractivity contribution is -0.137. The van der Waals surface area contributed by atoms with E-state index in [0.717, 1.165) is 47.0 Å². The number of hydrogen-bond acceptors (Lipinski definition) is 4. The Morgan fingerprint density at radius 2 is 2.11 bits per heavy atom. The van der Waals surface area contributed by atoms with Crippen molar-refractivity contribution in [2.24, 2.45) is 7.05 Å². The van der Waals surface area contributed by atoms with Crippen LogP contribution in [-0.2, 0) is 31.3 Å². The third-order valence-corrected chi connectivity index (χ3v) is 6.07. The zero-order valence-electron chi connectivity index (χ0n) is 15.9. The Labute approximate surface area is 167 Å². The predicted molar refractivity (Wildman–Crippen MR) is 107 cm³/mol. The molecule has 28 heavy (non-hydrogen) atoms. The number of carboxylic acid groups (broad SMARTS) is 1. The number of carbonyl (C=O) groups is 1. The van der Waals surface area contributed by atoms with Gasteiger partial charge < -0.3 is 10.2 Å². The summed E-state index contributed by atoms with van der Waals surface area (Å²) in [5, 5.41) is 28.2. The van der Waals surface area contributed by atoms with Gasteiger partial charge in [-0.05, 0) is 65.6 Å². The fourth-order valence-corrected chi connectivity index (χ4v) is 4.77. The van der Waals surface area contributed by atoms with Crippen molar-refractivity contribution in [3.05, 3.63) is 56.6 Å². The number of benzene rings is 2. The summed E-state index contributed by atoms with van der Waals surface area (Å²) in [7, 11) is 1.78. The Morgan fingerprint density at radius 1 is 1.32 bits per heavy atom. The smallest absolute Gasteiger partial charge is 0.304 e. The minimum absolute atomic E-state index is 0.0428. The molecule has 1 heterocycles. The molecule has 0 radical (unpaired) electrons. The van der Waals surface area contributed by atoms with E-state index in [4.69, 9.17) is 11.6 Å². The number of aliphatic carboxylic acids is 1. The summed E-state index contributed by atoms with van der Waals surface area (Å²) in [6.07, 6.45) is 2.92. The fraction of sp³-hybridized carbons (Fsp3) is 0.381. The first-order chi connectivity index (χ1) is 13.4. The normalized spacial score (nSPS) is 14.4. The van der Waals surface area contributed by atoms with Gasteiger partial charge in [0.05, 0.1) is 18.1 Å². The highest BCUT2D eigenvalue weighted by atomic mass is 35.5. The van der Waals surface area contributed by atoms with E-state index < -0.39 is 5.97 Å². The molecule has 1 aliphatic rings. The number of fused-ring (bicyclic) bond motifs is 2. The van der Waals surface area contributed by atoms with Crippen LogP contribution in [0.3, 0.4) is 0 Å². The third kappa shape index (κ3) is 3.06. The zero-order valence-corrected chi connectivity index (χ0v) is 16.6. The number of aliphatic hydroxyl groups is 1. The maximum absolute atomic E-state index is 11.7. The van der Waals surface area contributed by atoms with Gasteiger partial charge in [0.15, 0.2) is 0 Å². The lowest BCUT2D eigenvalue weighted by Gasteiger charge is -2.21. The van der Waals surface area contributed by atoms with Crippen LogP contribution in [0.2, 0.25) is 5.02 Å². The van der Waals surface area contributed by atoms with Gasteiger partial charge in [-0.3, -0.25) is 4.79 Å². The first-order valence-electron chi connectivity index (χ1n) is 9.36. The monoisotopic (exact) mass is 399 g/mol. The van der Waals surface area contributed by atoms with Gasteiger partial charge in [-0.1, -0.05) is 28.9 Å². The maximum atomic E-state index is 11.7. The topological polar surface area (TPSA) is 88.2 Å². The molecule has 0 fully saturated rings.